The molecule has 5 nitrogen and oxygen atoms in total. The SMILES string of the molecule is CC(Sc1ccccc1)C(=O)NCCC(O)(c1nccn1C)C(F)(F)F. The molecule has 2 atom stereocenters. The maximum atomic E-state index is 13.4. The predicted octanol–water partition coefficient (Wildman–Crippen LogP) is 2.86. The third kappa shape index (κ3) is 4.59. The van der Waals surface area contributed by atoms with Crippen molar-refractivity contribution in [3.63, 3.8) is 0 Å². The summed E-state index contributed by atoms with van der Waals surface area (Å²) in [4.78, 5) is 16.6. The molecule has 1 aromatic heterocycles. The van der Waals surface area contributed by atoms with Crippen molar-refractivity contribution in [1.29, 1.82) is 0 Å². The van der Waals surface area contributed by atoms with E-state index in [2.05, 4.69) is 10.3 Å². The first-order valence-electron chi connectivity index (χ1n) is 7.91. The van der Waals surface area contributed by atoms with Crippen LogP contribution in [-0.4, -0.2) is 38.5 Å². The van der Waals surface area contributed by atoms with Gasteiger partial charge in [0, 0.05) is 37.3 Å². The number of aromatic nitrogens is 2. The average Bonchev–Trinajstić information content (AvgIpc) is 3.01. The number of imidazole rings is 1. The van der Waals surface area contributed by atoms with Crippen LogP contribution in [0, 0.1) is 0 Å². The summed E-state index contributed by atoms with van der Waals surface area (Å²) >= 11 is 1.30. The van der Waals surface area contributed by atoms with Gasteiger partial charge in [-0.3, -0.25) is 4.79 Å². The fraction of sp³-hybridized carbons (Fsp3) is 0.412. The second-order valence-corrected chi connectivity index (χ2v) is 7.25. The molecule has 0 spiro atoms. The van der Waals surface area contributed by atoms with E-state index < -0.39 is 35.2 Å². The van der Waals surface area contributed by atoms with Gasteiger partial charge in [0.1, 0.15) is 5.82 Å². The van der Waals surface area contributed by atoms with Crippen LogP contribution >= 0.6 is 11.8 Å². The topological polar surface area (TPSA) is 67.2 Å². The number of aryl methyl sites for hydroxylation is 1. The highest BCUT2D eigenvalue weighted by Gasteiger charge is 2.57. The normalized spacial score (nSPS) is 15.3. The molecule has 1 heterocycles. The Morgan fingerprint density at radius 3 is 2.54 bits per heavy atom. The number of thioether (sulfide) groups is 1. The molecule has 0 radical (unpaired) electrons. The van der Waals surface area contributed by atoms with E-state index in [1.54, 1.807) is 6.92 Å². The quantitative estimate of drug-likeness (QED) is 0.717. The molecule has 1 amide bonds. The number of hydrogen-bond acceptors (Lipinski definition) is 4. The molecule has 2 aromatic rings. The van der Waals surface area contributed by atoms with Crippen molar-refractivity contribution in [2.45, 2.75) is 35.3 Å². The number of amides is 1. The molecule has 0 aliphatic rings. The van der Waals surface area contributed by atoms with E-state index in [1.165, 1.54) is 31.2 Å². The van der Waals surface area contributed by atoms with E-state index in [1.807, 2.05) is 30.3 Å². The summed E-state index contributed by atoms with van der Waals surface area (Å²) in [5, 5.41) is 12.2. The fourth-order valence-electron chi connectivity index (χ4n) is 2.41. The molecule has 2 unspecified atom stereocenters. The van der Waals surface area contributed by atoms with Gasteiger partial charge >= 0.3 is 6.18 Å². The lowest BCUT2D eigenvalue weighted by Gasteiger charge is -2.30. The van der Waals surface area contributed by atoms with Crippen molar-refractivity contribution in [3.05, 3.63) is 48.5 Å². The summed E-state index contributed by atoms with van der Waals surface area (Å²) < 4.78 is 41.3. The van der Waals surface area contributed by atoms with Crippen LogP contribution in [-0.2, 0) is 17.4 Å². The second-order valence-electron chi connectivity index (χ2n) is 5.83. The zero-order chi connectivity index (χ0) is 19.4. The first-order chi connectivity index (χ1) is 12.1. The van der Waals surface area contributed by atoms with Crippen LogP contribution in [0.2, 0.25) is 0 Å². The molecule has 0 saturated heterocycles. The van der Waals surface area contributed by atoms with E-state index in [9.17, 15) is 23.1 Å². The Balaban J connectivity index is 1.97. The third-order valence-electron chi connectivity index (χ3n) is 3.87. The maximum absolute atomic E-state index is 13.4. The number of alkyl halides is 3. The Hall–Kier alpha value is -2.00. The molecule has 2 rings (SSSR count). The van der Waals surface area contributed by atoms with Crippen molar-refractivity contribution < 1.29 is 23.1 Å². The van der Waals surface area contributed by atoms with Crippen molar-refractivity contribution in [2.75, 3.05) is 6.54 Å². The zero-order valence-corrected chi connectivity index (χ0v) is 15.1. The molecule has 0 aliphatic heterocycles. The minimum absolute atomic E-state index is 0.332. The Labute approximate surface area is 153 Å². The Morgan fingerprint density at radius 2 is 2.00 bits per heavy atom. The highest BCUT2D eigenvalue weighted by Crippen LogP contribution is 2.40. The van der Waals surface area contributed by atoms with Crippen LogP contribution in [0.25, 0.3) is 0 Å². The Bertz CT molecular complexity index is 736. The Morgan fingerprint density at radius 1 is 1.35 bits per heavy atom. The molecule has 2 N–H and O–H groups in total. The van der Waals surface area contributed by atoms with E-state index in [-0.39, 0.29) is 6.54 Å². The average molecular weight is 387 g/mol. The summed E-state index contributed by atoms with van der Waals surface area (Å²) in [6.07, 6.45) is -3.14. The number of nitrogens with zero attached hydrogens (tertiary/aromatic N) is 2. The van der Waals surface area contributed by atoms with Gasteiger partial charge in [0.05, 0.1) is 5.25 Å². The summed E-state index contributed by atoms with van der Waals surface area (Å²) in [5.74, 6) is -0.908. The van der Waals surface area contributed by atoms with Crippen molar-refractivity contribution in [3.8, 4) is 0 Å². The van der Waals surface area contributed by atoms with Crippen LogP contribution in [0.1, 0.15) is 19.2 Å². The van der Waals surface area contributed by atoms with Gasteiger partial charge < -0.3 is 15.0 Å². The summed E-state index contributed by atoms with van der Waals surface area (Å²) in [6.45, 7) is 1.34. The van der Waals surface area contributed by atoms with Crippen LogP contribution in [0.5, 0.6) is 0 Å². The van der Waals surface area contributed by atoms with Gasteiger partial charge in [-0.05, 0) is 19.1 Å². The molecule has 9 heteroatoms. The molecule has 26 heavy (non-hydrogen) atoms. The van der Waals surface area contributed by atoms with Gasteiger partial charge in [-0.2, -0.15) is 13.2 Å². The number of halogens is 3. The van der Waals surface area contributed by atoms with Gasteiger partial charge in [-0.25, -0.2) is 4.98 Å². The monoisotopic (exact) mass is 387 g/mol. The first kappa shape index (κ1) is 20.3. The lowest BCUT2D eigenvalue weighted by molar-refractivity contribution is -0.272. The van der Waals surface area contributed by atoms with Gasteiger partial charge in [0.15, 0.2) is 0 Å². The standard InChI is InChI=1S/C17H20F3N3O2S/c1-12(26-13-6-4-3-5-7-13)14(24)21-9-8-16(25,17(18,19)20)15-22-10-11-23(15)2/h3-7,10-12,25H,8-9H2,1-2H3,(H,21,24). The smallest absolute Gasteiger partial charge is 0.374 e. The molecular formula is C17H20F3N3O2S. The van der Waals surface area contributed by atoms with E-state index >= 15 is 0 Å². The molecule has 0 aliphatic carbocycles. The third-order valence-corrected chi connectivity index (χ3v) is 4.98. The van der Waals surface area contributed by atoms with Gasteiger partial charge in [-0.1, -0.05) is 18.2 Å². The number of hydrogen-bond donors (Lipinski definition) is 2. The van der Waals surface area contributed by atoms with Crippen molar-refractivity contribution in [1.82, 2.24) is 14.9 Å². The number of carbonyl (C=O) groups excluding carboxylic acids is 1. The molecule has 1 aromatic carbocycles. The summed E-state index contributed by atoms with van der Waals surface area (Å²) in [7, 11) is 1.37. The van der Waals surface area contributed by atoms with Gasteiger partial charge in [0.2, 0.25) is 11.5 Å². The minimum atomic E-state index is -4.92. The highest BCUT2D eigenvalue weighted by molar-refractivity contribution is 8.00. The number of carbonyl (C=O) groups is 1. The van der Waals surface area contributed by atoms with Crippen LogP contribution < -0.4 is 5.32 Å². The number of aliphatic hydroxyl groups is 1. The van der Waals surface area contributed by atoms with Crippen molar-refractivity contribution in [2.24, 2.45) is 7.05 Å². The fourth-order valence-corrected chi connectivity index (χ4v) is 3.32. The minimum Gasteiger partial charge on any atom is -0.374 e. The molecule has 0 bridgehead atoms. The number of nitrogens with one attached hydrogen (secondary N) is 1. The van der Waals surface area contributed by atoms with Crippen LogP contribution in [0.4, 0.5) is 13.2 Å². The lowest BCUT2D eigenvalue weighted by Crippen LogP contribution is -2.47. The Kier molecular flexibility index (Phi) is 6.35. The molecule has 142 valence electrons. The zero-order valence-electron chi connectivity index (χ0n) is 14.3. The second kappa shape index (κ2) is 8.13. The molecule has 0 fully saturated rings. The first-order valence-corrected chi connectivity index (χ1v) is 8.79. The lowest BCUT2D eigenvalue weighted by atomic mass is 9.97. The van der Waals surface area contributed by atoms with Crippen molar-refractivity contribution >= 4 is 17.7 Å². The van der Waals surface area contributed by atoms with Crippen LogP contribution in [0.3, 0.4) is 0 Å². The summed E-state index contributed by atoms with van der Waals surface area (Å²) in [5.41, 5.74) is -3.13. The molecule has 0 saturated carbocycles. The van der Waals surface area contributed by atoms with E-state index in [0.717, 1.165) is 9.46 Å². The maximum Gasteiger partial charge on any atom is 0.424 e. The molecular weight excluding hydrogens is 367 g/mol. The van der Waals surface area contributed by atoms with Gasteiger partial charge in [-0.15, -0.1) is 11.8 Å². The predicted molar refractivity (Wildman–Crippen MR) is 92.5 cm³/mol. The number of benzene rings is 1. The number of rotatable bonds is 7. The van der Waals surface area contributed by atoms with Gasteiger partial charge in [0.25, 0.3) is 0 Å². The summed E-state index contributed by atoms with van der Waals surface area (Å²) in [6, 6.07) is 9.22. The largest absolute Gasteiger partial charge is 0.424 e. The van der Waals surface area contributed by atoms with Crippen LogP contribution in [0.15, 0.2) is 47.6 Å². The highest BCUT2D eigenvalue weighted by atomic mass is 32.2. The van der Waals surface area contributed by atoms with E-state index in [4.69, 9.17) is 0 Å². The van der Waals surface area contributed by atoms with E-state index in [0.29, 0.717) is 0 Å².